The zero-order chi connectivity index (χ0) is 16.3. The van der Waals surface area contributed by atoms with Crippen LogP contribution in [0.25, 0.3) is 0 Å². The molecule has 2 aromatic rings. The first-order chi connectivity index (χ1) is 10.3. The Labute approximate surface area is 132 Å². The van der Waals surface area contributed by atoms with Gasteiger partial charge in [0.15, 0.2) is 0 Å². The molecule has 0 unspecified atom stereocenters. The Hall–Kier alpha value is -1.63. The SMILES string of the molecule is Cc1ccc(C)c(S(=O)(=O)NC[C@@H](c2ccco2)N(C)C)c1. The number of sulfonamides is 1. The summed E-state index contributed by atoms with van der Waals surface area (Å²) in [6.45, 7) is 3.92. The summed E-state index contributed by atoms with van der Waals surface area (Å²) in [5, 5.41) is 0. The van der Waals surface area contributed by atoms with Crippen molar-refractivity contribution in [2.75, 3.05) is 20.6 Å². The number of nitrogens with zero attached hydrogens (tertiary/aromatic N) is 1. The van der Waals surface area contributed by atoms with Crippen LogP contribution >= 0.6 is 0 Å². The van der Waals surface area contributed by atoms with E-state index >= 15 is 0 Å². The van der Waals surface area contributed by atoms with Gasteiger partial charge in [-0.3, -0.25) is 4.90 Å². The molecule has 2 rings (SSSR count). The highest BCUT2D eigenvalue weighted by Gasteiger charge is 2.22. The van der Waals surface area contributed by atoms with E-state index in [0.29, 0.717) is 4.90 Å². The van der Waals surface area contributed by atoms with E-state index in [1.54, 1.807) is 25.3 Å². The third-order valence-corrected chi connectivity index (χ3v) is 5.16. The van der Waals surface area contributed by atoms with Crippen molar-refractivity contribution < 1.29 is 12.8 Å². The Morgan fingerprint density at radius 1 is 1.23 bits per heavy atom. The molecule has 0 fully saturated rings. The summed E-state index contributed by atoms with van der Waals surface area (Å²) in [5.74, 6) is 0.730. The number of furan rings is 1. The second-order valence-electron chi connectivity index (χ2n) is 5.62. The lowest BCUT2D eigenvalue weighted by Gasteiger charge is -2.22. The first-order valence-corrected chi connectivity index (χ1v) is 8.56. The van der Waals surface area contributed by atoms with Crippen LogP contribution in [0.15, 0.2) is 45.9 Å². The standard InChI is InChI=1S/C16H22N2O3S/c1-12-7-8-13(2)16(10-12)22(19,20)17-11-14(18(3)4)15-6-5-9-21-15/h5-10,14,17H,11H2,1-4H3/t14-/m0/s1. The van der Waals surface area contributed by atoms with Crippen LogP contribution in [0, 0.1) is 13.8 Å². The lowest BCUT2D eigenvalue weighted by atomic mass is 10.2. The maximum atomic E-state index is 12.5. The van der Waals surface area contributed by atoms with Crippen molar-refractivity contribution in [2.24, 2.45) is 0 Å². The van der Waals surface area contributed by atoms with Gasteiger partial charge in [0.05, 0.1) is 17.2 Å². The Morgan fingerprint density at radius 3 is 2.55 bits per heavy atom. The Balaban J connectivity index is 2.20. The molecule has 1 atom stereocenters. The molecule has 1 heterocycles. The van der Waals surface area contributed by atoms with E-state index < -0.39 is 10.0 Å². The molecule has 1 aromatic carbocycles. The maximum absolute atomic E-state index is 12.5. The molecule has 6 heteroatoms. The fourth-order valence-electron chi connectivity index (χ4n) is 2.28. The minimum Gasteiger partial charge on any atom is -0.468 e. The molecule has 0 radical (unpaired) electrons. The number of benzene rings is 1. The van der Waals surface area contributed by atoms with Gasteiger partial charge in [-0.25, -0.2) is 13.1 Å². The molecule has 0 saturated carbocycles. The van der Waals surface area contributed by atoms with E-state index in [-0.39, 0.29) is 12.6 Å². The van der Waals surface area contributed by atoms with Crippen LogP contribution in [0.2, 0.25) is 0 Å². The van der Waals surface area contributed by atoms with E-state index in [9.17, 15) is 8.42 Å². The Kier molecular flexibility index (Phi) is 5.05. The summed E-state index contributed by atoms with van der Waals surface area (Å²) in [5.41, 5.74) is 1.65. The zero-order valence-corrected chi connectivity index (χ0v) is 14.1. The molecule has 0 amide bonds. The summed E-state index contributed by atoms with van der Waals surface area (Å²) in [6.07, 6.45) is 1.59. The van der Waals surface area contributed by atoms with Crippen molar-refractivity contribution in [2.45, 2.75) is 24.8 Å². The van der Waals surface area contributed by atoms with E-state index in [2.05, 4.69) is 4.72 Å². The summed E-state index contributed by atoms with van der Waals surface area (Å²) in [4.78, 5) is 2.24. The average molecular weight is 322 g/mol. The van der Waals surface area contributed by atoms with Crippen molar-refractivity contribution in [3.05, 3.63) is 53.5 Å². The van der Waals surface area contributed by atoms with Crippen LogP contribution in [0.1, 0.15) is 22.9 Å². The van der Waals surface area contributed by atoms with Crippen molar-refractivity contribution in [1.82, 2.24) is 9.62 Å². The van der Waals surface area contributed by atoms with Crippen molar-refractivity contribution in [3.8, 4) is 0 Å². The predicted octanol–water partition coefficient (Wildman–Crippen LogP) is 2.48. The smallest absolute Gasteiger partial charge is 0.240 e. The zero-order valence-electron chi connectivity index (χ0n) is 13.3. The number of rotatable bonds is 6. The molecule has 0 aliphatic rings. The topological polar surface area (TPSA) is 62.6 Å². The fraction of sp³-hybridized carbons (Fsp3) is 0.375. The largest absolute Gasteiger partial charge is 0.468 e. The van der Waals surface area contributed by atoms with Gasteiger partial charge in [0.1, 0.15) is 5.76 Å². The highest BCUT2D eigenvalue weighted by atomic mass is 32.2. The van der Waals surface area contributed by atoms with Gasteiger partial charge < -0.3 is 4.42 Å². The highest BCUT2D eigenvalue weighted by Crippen LogP contribution is 2.20. The van der Waals surface area contributed by atoms with Gasteiger partial charge in [-0.15, -0.1) is 0 Å². The third-order valence-electron chi connectivity index (χ3n) is 3.59. The van der Waals surface area contributed by atoms with E-state index in [0.717, 1.165) is 16.9 Å². The molecule has 22 heavy (non-hydrogen) atoms. The minimum absolute atomic E-state index is 0.158. The molecular weight excluding hydrogens is 300 g/mol. The van der Waals surface area contributed by atoms with Gasteiger partial charge in [0.25, 0.3) is 0 Å². The van der Waals surface area contributed by atoms with Gasteiger partial charge in [0.2, 0.25) is 10.0 Å². The monoisotopic (exact) mass is 322 g/mol. The van der Waals surface area contributed by atoms with Crippen LogP contribution in [-0.4, -0.2) is 34.0 Å². The van der Waals surface area contributed by atoms with Gasteiger partial charge in [-0.05, 0) is 57.3 Å². The molecule has 120 valence electrons. The molecule has 5 nitrogen and oxygen atoms in total. The summed E-state index contributed by atoms with van der Waals surface area (Å²) < 4.78 is 33.2. The number of aryl methyl sites for hydroxylation is 2. The molecule has 0 bridgehead atoms. The molecule has 1 N–H and O–H groups in total. The summed E-state index contributed by atoms with van der Waals surface area (Å²) >= 11 is 0. The summed E-state index contributed by atoms with van der Waals surface area (Å²) in [7, 11) is 0.225. The van der Waals surface area contributed by atoms with Gasteiger partial charge in [-0.2, -0.15) is 0 Å². The normalized spacial score (nSPS) is 13.5. The molecule has 0 aliphatic carbocycles. The Bertz CT molecular complexity index is 722. The molecule has 0 saturated heterocycles. The average Bonchev–Trinajstić information content (AvgIpc) is 2.95. The van der Waals surface area contributed by atoms with Crippen LogP contribution in [0.5, 0.6) is 0 Å². The van der Waals surface area contributed by atoms with Crippen LogP contribution in [0.4, 0.5) is 0 Å². The predicted molar refractivity (Wildman–Crippen MR) is 86.2 cm³/mol. The minimum atomic E-state index is -3.55. The lowest BCUT2D eigenvalue weighted by Crippen LogP contribution is -2.34. The van der Waals surface area contributed by atoms with Gasteiger partial charge in [-0.1, -0.05) is 12.1 Å². The lowest BCUT2D eigenvalue weighted by molar-refractivity contribution is 0.259. The van der Waals surface area contributed by atoms with Gasteiger partial charge in [0, 0.05) is 6.54 Å². The van der Waals surface area contributed by atoms with Crippen LogP contribution in [-0.2, 0) is 10.0 Å². The summed E-state index contributed by atoms with van der Waals surface area (Å²) in [6, 6.07) is 8.89. The molecule has 1 aromatic heterocycles. The van der Waals surface area contributed by atoms with Crippen molar-refractivity contribution in [1.29, 1.82) is 0 Å². The quantitative estimate of drug-likeness (QED) is 0.887. The molecule has 0 spiro atoms. The Morgan fingerprint density at radius 2 is 1.95 bits per heavy atom. The number of hydrogen-bond donors (Lipinski definition) is 1. The van der Waals surface area contributed by atoms with Crippen LogP contribution in [0.3, 0.4) is 0 Å². The van der Waals surface area contributed by atoms with E-state index in [1.165, 1.54) is 0 Å². The fourth-order valence-corrected chi connectivity index (χ4v) is 3.65. The van der Waals surface area contributed by atoms with Crippen molar-refractivity contribution >= 4 is 10.0 Å². The highest BCUT2D eigenvalue weighted by molar-refractivity contribution is 7.89. The first kappa shape index (κ1) is 16.7. The third kappa shape index (κ3) is 3.76. The van der Waals surface area contributed by atoms with E-state index in [4.69, 9.17) is 4.42 Å². The number of nitrogens with one attached hydrogen (secondary N) is 1. The number of hydrogen-bond acceptors (Lipinski definition) is 4. The van der Waals surface area contributed by atoms with E-state index in [1.807, 2.05) is 44.1 Å². The second kappa shape index (κ2) is 6.64. The second-order valence-corrected chi connectivity index (χ2v) is 7.35. The maximum Gasteiger partial charge on any atom is 0.240 e. The van der Waals surface area contributed by atoms with Crippen molar-refractivity contribution in [3.63, 3.8) is 0 Å². The van der Waals surface area contributed by atoms with Crippen LogP contribution < -0.4 is 4.72 Å². The van der Waals surface area contributed by atoms with Gasteiger partial charge >= 0.3 is 0 Å². The molecular formula is C16H22N2O3S. The molecule has 0 aliphatic heterocycles. The number of likely N-dealkylation sites (N-methyl/N-ethyl adjacent to an activating group) is 1. The first-order valence-electron chi connectivity index (χ1n) is 7.08.